The van der Waals surface area contributed by atoms with E-state index >= 15 is 0 Å². The zero-order valence-electron chi connectivity index (χ0n) is 23.9. The normalized spacial score (nSPS) is 18.1. The van der Waals surface area contributed by atoms with Crippen LogP contribution in [0.15, 0.2) is 84.0 Å². The molecule has 1 fully saturated rings. The molecule has 5 rings (SSSR count). The third-order valence-corrected chi connectivity index (χ3v) is 8.13. The second-order valence-corrected chi connectivity index (χ2v) is 11.3. The van der Waals surface area contributed by atoms with Crippen molar-refractivity contribution in [3.05, 3.63) is 95.6 Å². The maximum Gasteiger partial charge on any atom is 0.243 e. The number of unbranched alkanes of at least 4 members (excludes halogenated alkanes) is 1. The smallest absolute Gasteiger partial charge is 0.243 e. The highest BCUT2D eigenvalue weighted by Gasteiger charge is 2.33. The highest BCUT2D eigenvalue weighted by molar-refractivity contribution is 7.99. The Hall–Kier alpha value is -4.14. The van der Waals surface area contributed by atoms with E-state index in [2.05, 4.69) is 20.8 Å². The van der Waals surface area contributed by atoms with Crippen molar-refractivity contribution in [1.82, 2.24) is 25.7 Å². The molecule has 3 unspecified atom stereocenters. The molecule has 0 aliphatic carbocycles. The number of thioether (sulfide) groups is 1. The van der Waals surface area contributed by atoms with E-state index < -0.39 is 12.2 Å². The number of para-hydroxylation sites is 1. The van der Waals surface area contributed by atoms with Crippen molar-refractivity contribution in [3.63, 3.8) is 0 Å². The summed E-state index contributed by atoms with van der Waals surface area (Å²) in [7, 11) is 0. The van der Waals surface area contributed by atoms with Gasteiger partial charge in [0.05, 0.1) is 24.5 Å². The van der Waals surface area contributed by atoms with E-state index in [9.17, 15) is 14.7 Å². The number of ether oxygens (including phenoxy) is 2. The van der Waals surface area contributed by atoms with Crippen LogP contribution in [0.4, 0.5) is 5.69 Å². The number of rotatable bonds is 13. The van der Waals surface area contributed by atoms with Crippen LogP contribution in [0.3, 0.4) is 0 Å². The van der Waals surface area contributed by atoms with Crippen LogP contribution in [0.25, 0.3) is 5.69 Å². The van der Waals surface area contributed by atoms with E-state index in [1.807, 2.05) is 72.8 Å². The Morgan fingerprint density at radius 3 is 2.45 bits per heavy atom. The maximum atomic E-state index is 12.5. The van der Waals surface area contributed by atoms with Gasteiger partial charge < -0.3 is 19.9 Å². The summed E-state index contributed by atoms with van der Waals surface area (Å²) in [6, 6.07) is 24.7. The highest BCUT2D eigenvalue weighted by atomic mass is 32.2. The van der Waals surface area contributed by atoms with Gasteiger partial charge in [0.25, 0.3) is 0 Å². The summed E-state index contributed by atoms with van der Waals surface area (Å²) < 4.78 is 14.6. The molecule has 3 aromatic carbocycles. The Morgan fingerprint density at radius 2 is 1.70 bits per heavy atom. The van der Waals surface area contributed by atoms with Crippen LogP contribution < -0.4 is 10.8 Å². The molecule has 2 heterocycles. The fourth-order valence-corrected chi connectivity index (χ4v) is 5.71. The third-order valence-electron chi connectivity index (χ3n) is 7.08. The van der Waals surface area contributed by atoms with Crippen molar-refractivity contribution in [1.29, 1.82) is 0 Å². The molecule has 230 valence electrons. The molecule has 0 radical (unpaired) electrons. The first-order chi connectivity index (χ1) is 21.5. The molecular formula is C31H34N6O6S. The summed E-state index contributed by atoms with van der Waals surface area (Å²) >= 11 is 1.50. The topological polar surface area (TPSA) is 161 Å². The van der Waals surface area contributed by atoms with Gasteiger partial charge in [-0.15, -0.1) is 5.10 Å². The van der Waals surface area contributed by atoms with E-state index in [0.717, 1.165) is 22.4 Å². The molecule has 0 saturated carbocycles. The number of hydrogen-bond donors (Lipinski definition) is 4. The highest BCUT2D eigenvalue weighted by Crippen LogP contribution is 2.40. The van der Waals surface area contributed by atoms with E-state index in [-0.39, 0.29) is 37.6 Å². The minimum Gasteiger partial charge on any atom is -0.392 e. The van der Waals surface area contributed by atoms with Gasteiger partial charge in [-0.05, 0) is 58.7 Å². The number of amides is 2. The van der Waals surface area contributed by atoms with Crippen molar-refractivity contribution in [2.45, 2.75) is 62.4 Å². The Bertz CT molecular complexity index is 1520. The largest absolute Gasteiger partial charge is 0.392 e. The van der Waals surface area contributed by atoms with Gasteiger partial charge in [-0.1, -0.05) is 66.4 Å². The number of benzene rings is 3. The summed E-state index contributed by atoms with van der Waals surface area (Å²) in [4.78, 5) is 23.7. The molecule has 1 aliphatic rings. The van der Waals surface area contributed by atoms with Crippen LogP contribution in [-0.2, 0) is 25.7 Å². The molecule has 0 bridgehead atoms. The summed E-state index contributed by atoms with van der Waals surface area (Å²) in [5.74, 6) is -0.0766. The Labute approximate surface area is 258 Å². The number of aliphatic hydroxyl groups excluding tert-OH is 1. The predicted octanol–water partition coefficient (Wildman–Crippen LogP) is 4.50. The zero-order valence-corrected chi connectivity index (χ0v) is 24.7. The van der Waals surface area contributed by atoms with E-state index in [4.69, 9.17) is 14.7 Å². The molecule has 12 nitrogen and oxygen atoms in total. The van der Waals surface area contributed by atoms with Crippen molar-refractivity contribution >= 4 is 29.3 Å². The molecule has 4 N–H and O–H groups in total. The number of anilines is 1. The second-order valence-electron chi connectivity index (χ2n) is 10.3. The first kappa shape index (κ1) is 31.3. The van der Waals surface area contributed by atoms with Gasteiger partial charge in [0, 0.05) is 36.3 Å². The van der Waals surface area contributed by atoms with Gasteiger partial charge in [-0.25, -0.2) is 5.48 Å². The minimum atomic E-state index is -0.698. The monoisotopic (exact) mass is 618 g/mol. The Balaban J connectivity index is 1.28. The second kappa shape index (κ2) is 15.5. The molecule has 0 spiro atoms. The van der Waals surface area contributed by atoms with Crippen molar-refractivity contribution in [3.8, 4) is 5.69 Å². The van der Waals surface area contributed by atoms with E-state index in [1.54, 1.807) is 16.2 Å². The first-order valence-corrected chi connectivity index (χ1v) is 15.3. The molecular weight excluding hydrogens is 584 g/mol. The zero-order chi connectivity index (χ0) is 30.7. The summed E-state index contributed by atoms with van der Waals surface area (Å²) in [5.41, 5.74) is 5.60. The lowest BCUT2D eigenvalue weighted by atomic mass is 10.0. The number of nitrogens with one attached hydrogen (secondary N) is 2. The standard InChI is InChI=1S/C31H34N6O6S/c38-19-21-13-15-22(16-14-21)27-18-26(20-44-31-33-35-36-37(31)25-9-2-1-3-10-25)42-30(43-27)23-7-6-8-24(17-23)32-28(39)11-4-5-12-29(40)34-41/h1-3,6-10,13-17,26-27,30,38,41H,4-5,11-12,18-20H2,(H,32,39)(H,34,40). The van der Waals surface area contributed by atoms with Crippen LogP contribution in [0, 0.1) is 0 Å². The minimum absolute atomic E-state index is 0.0383. The lowest BCUT2D eigenvalue weighted by Gasteiger charge is -2.36. The number of carbonyl (C=O) groups is 2. The molecule has 44 heavy (non-hydrogen) atoms. The maximum absolute atomic E-state index is 12.5. The molecule has 3 atom stereocenters. The number of carbonyl (C=O) groups excluding carboxylic acids is 2. The average Bonchev–Trinajstić information content (AvgIpc) is 3.55. The summed E-state index contributed by atoms with van der Waals surface area (Å²) in [6.45, 7) is -0.0383. The van der Waals surface area contributed by atoms with Gasteiger partial charge in [-0.2, -0.15) is 4.68 Å². The van der Waals surface area contributed by atoms with E-state index in [1.165, 1.54) is 11.8 Å². The van der Waals surface area contributed by atoms with Crippen LogP contribution in [0.5, 0.6) is 0 Å². The van der Waals surface area contributed by atoms with E-state index in [0.29, 0.717) is 35.9 Å². The quantitative estimate of drug-likeness (QED) is 0.0727. The van der Waals surface area contributed by atoms with Crippen LogP contribution in [0.1, 0.15) is 61.2 Å². The Morgan fingerprint density at radius 1 is 0.932 bits per heavy atom. The van der Waals surface area contributed by atoms with Crippen LogP contribution in [-0.4, -0.2) is 54.2 Å². The van der Waals surface area contributed by atoms with Crippen molar-refractivity contribution in [2.75, 3.05) is 11.1 Å². The lowest BCUT2D eigenvalue weighted by molar-refractivity contribution is -0.245. The molecule has 1 aromatic heterocycles. The Kier molecular flexibility index (Phi) is 11.1. The summed E-state index contributed by atoms with van der Waals surface area (Å²) in [5, 5.41) is 33.9. The number of hydrogen-bond acceptors (Lipinski definition) is 10. The van der Waals surface area contributed by atoms with Gasteiger partial charge >= 0.3 is 0 Å². The predicted molar refractivity (Wildman–Crippen MR) is 162 cm³/mol. The lowest BCUT2D eigenvalue weighted by Crippen LogP contribution is -2.31. The van der Waals surface area contributed by atoms with Crippen molar-refractivity contribution < 1.29 is 29.4 Å². The number of aliphatic hydroxyl groups is 1. The molecule has 4 aromatic rings. The fourth-order valence-electron chi connectivity index (χ4n) is 4.80. The summed E-state index contributed by atoms with van der Waals surface area (Å²) in [6.07, 6.45) is 0.810. The number of hydroxylamine groups is 1. The van der Waals surface area contributed by atoms with Crippen molar-refractivity contribution in [2.24, 2.45) is 0 Å². The van der Waals surface area contributed by atoms with Gasteiger partial charge in [0.2, 0.25) is 17.0 Å². The molecule has 13 heteroatoms. The van der Waals surface area contributed by atoms with Gasteiger partial charge in [0.1, 0.15) is 0 Å². The number of tetrazole rings is 1. The molecule has 2 amide bonds. The fraction of sp³-hybridized carbons (Fsp3) is 0.323. The number of aromatic nitrogens is 4. The third kappa shape index (κ3) is 8.49. The van der Waals surface area contributed by atoms with Gasteiger partial charge in [-0.3, -0.25) is 14.8 Å². The van der Waals surface area contributed by atoms with Gasteiger partial charge in [0.15, 0.2) is 6.29 Å². The first-order valence-electron chi connectivity index (χ1n) is 14.3. The molecule has 1 aliphatic heterocycles. The number of nitrogens with zero attached hydrogens (tertiary/aromatic N) is 4. The average molecular weight is 619 g/mol. The SMILES string of the molecule is O=C(CCCCC(=O)Nc1cccc(C2OC(CSc3nnnn3-c3ccccc3)CC(c3ccc(CO)cc3)O2)c1)NO. The van der Waals surface area contributed by atoms with Crippen LogP contribution in [0.2, 0.25) is 0 Å². The van der Waals surface area contributed by atoms with Crippen LogP contribution >= 0.6 is 11.8 Å². The molecule has 1 saturated heterocycles.